The van der Waals surface area contributed by atoms with E-state index >= 15 is 0 Å². The van der Waals surface area contributed by atoms with Crippen LogP contribution < -0.4 is 4.74 Å². The largest absolute Gasteiger partial charge is 0.490 e. The summed E-state index contributed by atoms with van der Waals surface area (Å²) < 4.78 is 10.0. The molecule has 2 aromatic rings. The Morgan fingerprint density at radius 1 is 1.18 bits per heavy atom. The van der Waals surface area contributed by atoms with Crippen LogP contribution in [0.1, 0.15) is 15.9 Å². The van der Waals surface area contributed by atoms with Crippen molar-refractivity contribution < 1.29 is 19.2 Å². The molecule has 114 valence electrons. The lowest BCUT2D eigenvalue weighted by molar-refractivity contribution is -0.385. The molecule has 0 radical (unpaired) electrons. The minimum atomic E-state index is -0.598. The monoisotopic (exact) mass is 301 g/mol. The normalized spacial score (nSPS) is 10.0. The number of esters is 1. The number of rotatable bonds is 6. The van der Waals surface area contributed by atoms with E-state index in [4.69, 9.17) is 9.47 Å². The highest BCUT2D eigenvalue weighted by molar-refractivity contribution is 5.90. The molecule has 22 heavy (non-hydrogen) atoms. The molecule has 0 heterocycles. The number of benzene rings is 2. The topological polar surface area (TPSA) is 78.7 Å². The van der Waals surface area contributed by atoms with Crippen LogP contribution in [-0.2, 0) is 11.2 Å². The van der Waals surface area contributed by atoms with Gasteiger partial charge in [-0.1, -0.05) is 30.3 Å². The van der Waals surface area contributed by atoms with Gasteiger partial charge in [0, 0.05) is 12.5 Å². The smallest absolute Gasteiger partial charge is 0.338 e. The van der Waals surface area contributed by atoms with E-state index in [9.17, 15) is 14.9 Å². The number of ether oxygens (including phenoxy) is 2. The lowest BCUT2D eigenvalue weighted by atomic mass is 10.1. The Balaban J connectivity index is 2.00. The van der Waals surface area contributed by atoms with Crippen molar-refractivity contribution in [1.29, 1.82) is 0 Å². The maximum Gasteiger partial charge on any atom is 0.338 e. The molecule has 0 bridgehead atoms. The van der Waals surface area contributed by atoms with Gasteiger partial charge in [0.05, 0.1) is 24.2 Å². The summed E-state index contributed by atoms with van der Waals surface area (Å²) in [6, 6.07) is 13.6. The van der Waals surface area contributed by atoms with Crippen LogP contribution in [0.15, 0.2) is 48.5 Å². The fourth-order valence-electron chi connectivity index (χ4n) is 1.95. The molecule has 6 nitrogen and oxygen atoms in total. The second-order valence-electron chi connectivity index (χ2n) is 4.52. The van der Waals surface area contributed by atoms with Crippen molar-refractivity contribution in [3.8, 4) is 5.75 Å². The third kappa shape index (κ3) is 3.82. The first-order valence-corrected chi connectivity index (χ1v) is 6.65. The molecule has 0 fully saturated rings. The van der Waals surface area contributed by atoms with E-state index in [2.05, 4.69) is 0 Å². The van der Waals surface area contributed by atoms with Gasteiger partial charge < -0.3 is 9.47 Å². The molecule has 0 unspecified atom stereocenters. The molecular formula is C16H15NO5. The molecule has 0 aliphatic heterocycles. The summed E-state index contributed by atoms with van der Waals surface area (Å²) in [5.41, 5.74) is 0.914. The molecule has 0 spiro atoms. The zero-order valence-corrected chi connectivity index (χ0v) is 12.0. The number of nitro groups is 1. The van der Waals surface area contributed by atoms with E-state index in [1.165, 1.54) is 19.2 Å². The number of carbonyl (C=O) groups excluding carboxylic acids is 1. The van der Waals surface area contributed by atoms with Crippen molar-refractivity contribution in [3.63, 3.8) is 0 Å². The lowest BCUT2D eigenvalue weighted by Crippen LogP contribution is -2.09. The Kier molecular flexibility index (Phi) is 5.08. The van der Waals surface area contributed by atoms with Crippen LogP contribution in [0, 0.1) is 10.1 Å². The molecular weight excluding hydrogens is 286 g/mol. The molecule has 0 amide bonds. The Bertz CT molecular complexity index is 669. The minimum absolute atomic E-state index is 0.103. The van der Waals surface area contributed by atoms with Crippen molar-refractivity contribution in [1.82, 2.24) is 0 Å². The van der Waals surface area contributed by atoms with Gasteiger partial charge in [0.1, 0.15) is 0 Å². The van der Waals surface area contributed by atoms with Gasteiger partial charge in [-0.3, -0.25) is 10.1 Å². The predicted molar refractivity (Wildman–Crippen MR) is 80.1 cm³/mol. The number of hydrogen-bond acceptors (Lipinski definition) is 5. The van der Waals surface area contributed by atoms with Crippen molar-refractivity contribution >= 4 is 11.7 Å². The number of nitro benzene ring substituents is 1. The Hall–Kier alpha value is -2.89. The van der Waals surface area contributed by atoms with E-state index in [1.807, 2.05) is 30.3 Å². The SMILES string of the molecule is COc1ccc(C(=O)OCCc2ccccc2)cc1[N+](=O)[O-]. The maximum atomic E-state index is 11.9. The van der Waals surface area contributed by atoms with Crippen molar-refractivity contribution in [2.45, 2.75) is 6.42 Å². The van der Waals surface area contributed by atoms with Crippen LogP contribution >= 0.6 is 0 Å². The number of methoxy groups -OCH3 is 1. The first-order chi connectivity index (χ1) is 10.6. The van der Waals surface area contributed by atoms with Gasteiger partial charge in [-0.25, -0.2) is 4.79 Å². The molecule has 2 rings (SSSR count). The summed E-state index contributed by atoms with van der Waals surface area (Å²) in [6.45, 7) is 0.211. The van der Waals surface area contributed by atoms with Crippen LogP contribution in [0.2, 0.25) is 0 Å². The second kappa shape index (κ2) is 7.21. The zero-order chi connectivity index (χ0) is 15.9. The van der Waals surface area contributed by atoms with Crippen LogP contribution in [-0.4, -0.2) is 24.6 Å². The molecule has 0 aliphatic carbocycles. The molecule has 0 N–H and O–H groups in total. The molecule has 2 aromatic carbocycles. The van der Waals surface area contributed by atoms with Crippen LogP contribution in [0.4, 0.5) is 5.69 Å². The summed E-state index contributed by atoms with van der Waals surface area (Å²) in [5.74, 6) is -0.493. The highest BCUT2D eigenvalue weighted by Crippen LogP contribution is 2.27. The highest BCUT2D eigenvalue weighted by Gasteiger charge is 2.18. The lowest BCUT2D eigenvalue weighted by Gasteiger charge is -2.06. The second-order valence-corrected chi connectivity index (χ2v) is 4.52. The van der Waals surface area contributed by atoms with Gasteiger partial charge in [-0.15, -0.1) is 0 Å². The third-order valence-electron chi connectivity index (χ3n) is 3.08. The Morgan fingerprint density at radius 2 is 1.91 bits per heavy atom. The van der Waals surface area contributed by atoms with Gasteiger partial charge in [0.15, 0.2) is 5.75 Å². The summed E-state index contributed by atoms with van der Waals surface area (Å²) in [7, 11) is 1.33. The van der Waals surface area contributed by atoms with E-state index in [-0.39, 0.29) is 23.6 Å². The molecule has 0 atom stereocenters. The van der Waals surface area contributed by atoms with Gasteiger partial charge in [-0.05, 0) is 17.7 Å². The van der Waals surface area contributed by atoms with Crippen LogP contribution in [0.25, 0.3) is 0 Å². The first-order valence-electron chi connectivity index (χ1n) is 6.65. The number of hydrogen-bond donors (Lipinski definition) is 0. The van der Waals surface area contributed by atoms with E-state index in [1.54, 1.807) is 0 Å². The minimum Gasteiger partial charge on any atom is -0.490 e. The Morgan fingerprint density at radius 3 is 2.55 bits per heavy atom. The Labute approximate surface area is 127 Å². The summed E-state index contributed by atoms with van der Waals surface area (Å²) in [4.78, 5) is 22.3. The van der Waals surface area contributed by atoms with Gasteiger partial charge in [0.2, 0.25) is 0 Å². The molecule has 0 saturated carbocycles. The quantitative estimate of drug-likeness (QED) is 0.465. The van der Waals surface area contributed by atoms with E-state index in [0.717, 1.165) is 11.6 Å². The third-order valence-corrected chi connectivity index (χ3v) is 3.08. The molecule has 6 heteroatoms. The summed E-state index contributed by atoms with van der Waals surface area (Å²) in [5, 5.41) is 10.9. The van der Waals surface area contributed by atoms with Gasteiger partial charge in [-0.2, -0.15) is 0 Å². The summed E-state index contributed by atoms with van der Waals surface area (Å²) >= 11 is 0. The van der Waals surface area contributed by atoms with Crippen molar-refractivity contribution in [2.75, 3.05) is 13.7 Å². The van der Waals surface area contributed by atoms with Crippen molar-refractivity contribution in [2.24, 2.45) is 0 Å². The average Bonchev–Trinajstić information content (AvgIpc) is 2.55. The number of nitrogens with zero attached hydrogens (tertiary/aromatic N) is 1. The van der Waals surface area contributed by atoms with Crippen molar-refractivity contribution in [3.05, 3.63) is 69.8 Å². The molecule has 0 aromatic heterocycles. The number of carbonyl (C=O) groups is 1. The van der Waals surface area contributed by atoms with Gasteiger partial charge in [0.25, 0.3) is 0 Å². The highest BCUT2D eigenvalue weighted by atomic mass is 16.6. The van der Waals surface area contributed by atoms with E-state index < -0.39 is 10.9 Å². The fraction of sp³-hybridized carbons (Fsp3) is 0.188. The fourth-order valence-corrected chi connectivity index (χ4v) is 1.95. The maximum absolute atomic E-state index is 11.9. The van der Waals surface area contributed by atoms with Crippen LogP contribution in [0.5, 0.6) is 5.75 Å². The van der Waals surface area contributed by atoms with Gasteiger partial charge >= 0.3 is 11.7 Å². The summed E-state index contributed by atoms with van der Waals surface area (Å²) in [6.07, 6.45) is 0.588. The standard InChI is InChI=1S/C16H15NO5/c1-21-15-8-7-13(11-14(15)17(19)20)16(18)22-10-9-12-5-3-2-4-6-12/h2-8,11H,9-10H2,1H3. The predicted octanol–water partition coefficient (Wildman–Crippen LogP) is 3.00. The molecule has 0 aliphatic rings. The average molecular weight is 301 g/mol. The van der Waals surface area contributed by atoms with E-state index in [0.29, 0.717) is 6.42 Å². The molecule has 0 saturated heterocycles. The first kappa shape index (κ1) is 15.5. The van der Waals surface area contributed by atoms with Crippen LogP contribution in [0.3, 0.4) is 0 Å². The zero-order valence-electron chi connectivity index (χ0n) is 12.0.